The monoisotopic (exact) mass is 296 g/mol. The number of thiazole rings is 1. The van der Waals surface area contributed by atoms with E-state index in [2.05, 4.69) is 23.7 Å². The van der Waals surface area contributed by atoms with E-state index in [1.165, 1.54) is 24.2 Å². The fourth-order valence-electron chi connectivity index (χ4n) is 2.25. The van der Waals surface area contributed by atoms with Crippen LogP contribution in [0.2, 0.25) is 0 Å². The van der Waals surface area contributed by atoms with E-state index in [0.717, 1.165) is 11.7 Å². The van der Waals surface area contributed by atoms with Crippen molar-refractivity contribution in [2.75, 3.05) is 11.4 Å². The molecule has 1 aliphatic rings. The van der Waals surface area contributed by atoms with E-state index < -0.39 is 5.97 Å². The van der Waals surface area contributed by atoms with Gasteiger partial charge in [0.25, 0.3) is 0 Å². The average Bonchev–Trinajstić information content (AvgIpc) is 3.01. The van der Waals surface area contributed by atoms with Crippen LogP contribution in [0.15, 0.2) is 0 Å². The van der Waals surface area contributed by atoms with E-state index in [9.17, 15) is 9.90 Å². The predicted octanol–water partition coefficient (Wildman–Crippen LogP) is 3.76. The molecule has 0 amide bonds. The molecule has 0 atom stereocenters. The number of nitrogens with zero attached hydrogens (tertiary/aromatic N) is 2. The molecule has 0 aromatic carbocycles. The summed E-state index contributed by atoms with van der Waals surface area (Å²) in [5.74, 6) is -0.315. The van der Waals surface area contributed by atoms with Crippen LogP contribution in [0.5, 0.6) is 0 Å². The Hall–Kier alpha value is -1.10. The largest absolute Gasteiger partial charge is 0.477 e. The lowest BCUT2D eigenvalue weighted by atomic mass is 9.91. The van der Waals surface area contributed by atoms with Crippen molar-refractivity contribution >= 4 is 22.4 Å². The fraction of sp³-hybridized carbons (Fsp3) is 0.733. The molecule has 0 spiro atoms. The van der Waals surface area contributed by atoms with Crippen LogP contribution in [0, 0.1) is 5.92 Å². The van der Waals surface area contributed by atoms with Crippen molar-refractivity contribution < 1.29 is 9.90 Å². The summed E-state index contributed by atoms with van der Waals surface area (Å²) in [5.41, 5.74) is 0.467. The van der Waals surface area contributed by atoms with Gasteiger partial charge in [-0.25, -0.2) is 9.78 Å². The number of carboxylic acid groups (broad SMARTS) is 1. The summed E-state index contributed by atoms with van der Waals surface area (Å²) in [7, 11) is 0. The third kappa shape index (κ3) is 3.32. The van der Waals surface area contributed by atoms with Gasteiger partial charge in [-0.15, -0.1) is 0 Å². The number of aromatic carboxylic acids is 1. The Labute approximate surface area is 124 Å². The third-order valence-electron chi connectivity index (χ3n) is 3.32. The summed E-state index contributed by atoms with van der Waals surface area (Å²) in [4.78, 5) is 18.8. The number of aromatic nitrogens is 1. The first-order valence-corrected chi connectivity index (χ1v) is 8.03. The Bertz CT molecular complexity index is 498. The molecule has 1 fully saturated rings. The van der Waals surface area contributed by atoms with Crippen molar-refractivity contribution in [1.29, 1.82) is 0 Å². The molecule has 0 unspecified atom stereocenters. The molecular formula is C15H24N2O2S. The minimum atomic E-state index is -0.862. The van der Waals surface area contributed by atoms with Crippen LogP contribution in [0.25, 0.3) is 0 Å². The molecule has 1 aromatic rings. The van der Waals surface area contributed by atoms with E-state index in [4.69, 9.17) is 0 Å². The van der Waals surface area contributed by atoms with E-state index >= 15 is 0 Å². The van der Waals surface area contributed by atoms with Gasteiger partial charge in [0.2, 0.25) is 0 Å². The molecular weight excluding hydrogens is 272 g/mol. The summed E-state index contributed by atoms with van der Waals surface area (Å²) in [6.45, 7) is 11.4. The smallest absolute Gasteiger partial charge is 0.347 e. The van der Waals surface area contributed by atoms with Crippen molar-refractivity contribution in [3.05, 3.63) is 10.6 Å². The Morgan fingerprint density at radius 1 is 1.45 bits per heavy atom. The highest BCUT2D eigenvalue weighted by Crippen LogP contribution is 2.38. The highest BCUT2D eigenvalue weighted by molar-refractivity contribution is 7.17. The molecule has 5 heteroatoms. The molecule has 1 saturated carbocycles. The standard InChI is InChI=1S/C15H24N2O2S/c1-9(2)8-17(10-6-7-10)14-16-12(15(3,4)5)11(20-14)13(18)19/h9-10H,6-8H2,1-5H3,(H,18,19). The van der Waals surface area contributed by atoms with Crippen LogP contribution in [-0.2, 0) is 5.41 Å². The van der Waals surface area contributed by atoms with Crippen molar-refractivity contribution in [2.24, 2.45) is 5.92 Å². The van der Waals surface area contributed by atoms with Crippen molar-refractivity contribution in [2.45, 2.75) is 58.9 Å². The normalized spacial score (nSPS) is 15.7. The van der Waals surface area contributed by atoms with Gasteiger partial charge in [-0.2, -0.15) is 0 Å². The van der Waals surface area contributed by atoms with Gasteiger partial charge in [0.05, 0.1) is 5.69 Å². The van der Waals surface area contributed by atoms with Crippen LogP contribution in [-0.4, -0.2) is 28.6 Å². The minimum Gasteiger partial charge on any atom is -0.477 e. The zero-order valence-corrected chi connectivity index (χ0v) is 13.8. The highest BCUT2D eigenvalue weighted by atomic mass is 32.1. The maximum Gasteiger partial charge on any atom is 0.347 e. The molecule has 1 aromatic heterocycles. The number of anilines is 1. The molecule has 0 bridgehead atoms. The molecule has 112 valence electrons. The van der Waals surface area contributed by atoms with E-state index in [1.54, 1.807) is 0 Å². The molecule has 1 N–H and O–H groups in total. The minimum absolute atomic E-state index is 0.241. The summed E-state index contributed by atoms with van der Waals surface area (Å²) in [5, 5.41) is 10.3. The van der Waals surface area contributed by atoms with Gasteiger partial charge < -0.3 is 10.0 Å². The molecule has 0 saturated heterocycles. The van der Waals surface area contributed by atoms with E-state index in [0.29, 0.717) is 22.5 Å². The van der Waals surface area contributed by atoms with Gasteiger partial charge >= 0.3 is 5.97 Å². The van der Waals surface area contributed by atoms with Crippen LogP contribution in [0.1, 0.15) is 62.8 Å². The molecule has 2 rings (SSSR count). The van der Waals surface area contributed by atoms with Crippen molar-refractivity contribution in [1.82, 2.24) is 4.98 Å². The second-order valence-electron chi connectivity index (χ2n) is 7.01. The molecule has 1 aliphatic carbocycles. The van der Waals surface area contributed by atoms with Crippen LogP contribution < -0.4 is 4.90 Å². The number of hydrogen-bond acceptors (Lipinski definition) is 4. The second-order valence-corrected chi connectivity index (χ2v) is 7.98. The fourth-order valence-corrected chi connectivity index (χ4v) is 3.44. The molecule has 0 aliphatic heterocycles. The van der Waals surface area contributed by atoms with E-state index in [-0.39, 0.29) is 5.41 Å². The third-order valence-corrected chi connectivity index (χ3v) is 4.40. The number of hydrogen-bond donors (Lipinski definition) is 1. The van der Waals surface area contributed by atoms with Crippen LogP contribution in [0.3, 0.4) is 0 Å². The van der Waals surface area contributed by atoms with Crippen LogP contribution in [0.4, 0.5) is 5.13 Å². The maximum atomic E-state index is 11.5. The zero-order valence-electron chi connectivity index (χ0n) is 12.9. The summed E-state index contributed by atoms with van der Waals surface area (Å²) in [6, 6.07) is 0.554. The molecule has 0 radical (unpaired) electrons. The lowest BCUT2D eigenvalue weighted by molar-refractivity contribution is 0.0699. The topological polar surface area (TPSA) is 53.4 Å². The summed E-state index contributed by atoms with van der Waals surface area (Å²) >= 11 is 1.33. The first kappa shape index (κ1) is 15.3. The lowest BCUT2D eigenvalue weighted by Gasteiger charge is -2.23. The highest BCUT2D eigenvalue weighted by Gasteiger charge is 2.34. The molecule has 20 heavy (non-hydrogen) atoms. The Morgan fingerprint density at radius 2 is 2.05 bits per heavy atom. The zero-order chi connectivity index (χ0) is 15.1. The Kier molecular flexibility index (Phi) is 4.09. The predicted molar refractivity (Wildman–Crippen MR) is 83.0 cm³/mol. The quantitative estimate of drug-likeness (QED) is 0.898. The van der Waals surface area contributed by atoms with Gasteiger partial charge in [-0.3, -0.25) is 0 Å². The summed E-state index contributed by atoms with van der Waals surface area (Å²) in [6.07, 6.45) is 2.39. The van der Waals surface area contributed by atoms with Gasteiger partial charge in [-0.1, -0.05) is 46.0 Å². The Balaban J connectivity index is 2.38. The number of rotatable bonds is 5. The summed E-state index contributed by atoms with van der Waals surface area (Å²) < 4.78 is 0. The number of carboxylic acids is 1. The first-order chi connectivity index (χ1) is 9.20. The van der Waals surface area contributed by atoms with Crippen LogP contribution >= 0.6 is 11.3 Å². The first-order valence-electron chi connectivity index (χ1n) is 7.21. The lowest BCUT2D eigenvalue weighted by Crippen LogP contribution is -2.29. The van der Waals surface area contributed by atoms with Gasteiger partial charge in [0.1, 0.15) is 4.88 Å². The van der Waals surface area contributed by atoms with Gasteiger partial charge in [-0.05, 0) is 18.8 Å². The molecule has 4 nitrogen and oxygen atoms in total. The van der Waals surface area contributed by atoms with Gasteiger partial charge in [0.15, 0.2) is 5.13 Å². The molecule has 1 heterocycles. The van der Waals surface area contributed by atoms with Crippen molar-refractivity contribution in [3.63, 3.8) is 0 Å². The maximum absolute atomic E-state index is 11.5. The average molecular weight is 296 g/mol. The van der Waals surface area contributed by atoms with Crippen molar-refractivity contribution in [3.8, 4) is 0 Å². The second kappa shape index (κ2) is 5.35. The van der Waals surface area contributed by atoms with Gasteiger partial charge in [0, 0.05) is 18.0 Å². The van der Waals surface area contributed by atoms with E-state index in [1.807, 2.05) is 20.8 Å². The Morgan fingerprint density at radius 3 is 2.40 bits per heavy atom. The number of carbonyl (C=O) groups is 1. The SMILES string of the molecule is CC(C)CN(c1nc(C(C)(C)C)c(C(=O)O)s1)C1CC1.